The van der Waals surface area contributed by atoms with Crippen molar-refractivity contribution in [1.82, 2.24) is 4.90 Å². The SMILES string of the molecule is C[C@H](Oc1ccccc1C#N)C(=O)N1CCOC[C@@H]1C(=O)O. The highest BCUT2D eigenvalue weighted by molar-refractivity contribution is 5.86. The Balaban J connectivity index is 2.11. The van der Waals surface area contributed by atoms with Crippen LogP contribution in [0.1, 0.15) is 12.5 Å². The number of nitriles is 1. The Morgan fingerprint density at radius 1 is 1.50 bits per heavy atom. The topological polar surface area (TPSA) is 99.9 Å². The molecule has 0 aliphatic carbocycles. The van der Waals surface area contributed by atoms with Gasteiger partial charge in [0.05, 0.1) is 18.8 Å². The number of ether oxygens (including phenoxy) is 2. The van der Waals surface area contributed by atoms with Crippen LogP contribution in [0.5, 0.6) is 5.75 Å². The highest BCUT2D eigenvalue weighted by atomic mass is 16.5. The molecule has 0 radical (unpaired) electrons. The van der Waals surface area contributed by atoms with Crippen LogP contribution in [-0.2, 0) is 14.3 Å². The van der Waals surface area contributed by atoms with Gasteiger partial charge in [-0.25, -0.2) is 4.79 Å². The number of carbonyl (C=O) groups excluding carboxylic acids is 1. The average Bonchev–Trinajstić information content (AvgIpc) is 2.54. The van der Waals surface area contributed by atoms with E-state index in [2.05, 4.69) is 0 Å². The van der Waals surface area contributed by atoms with Crippen molar-refractivity contribution in [2.75, 3.05) is 19.8 Å². The van der Waals surface area contributed by atoms with Gasteiger partial charge in [-0.3, -0.25) is 4.79 Å². The Hall–Kier alpha value is -2.59. The summed E-state index contributed by atoms with van der Waals surface area (Å²) in [6.07, 6.45) is -0.894. The van der Waals surface area contributed by atoms with E-state index in [1.54, 1.807) is 24.3 Å². The van der Waals surface area contributed by atoms with E-state index in [0.717, 1.165) is 0 Å². The van der Waals surface area contributed by atoms with Gasteiger partial charge in [0, 0.05) is 6.54 Å². The van der Waals surface area contributed by atoms with Crippen molar-refractivity contribution in [3.63, 3.8) is 0 Å². The predicted molar refractivity (Wildman–Crippen MR) is 75.2 cm³/mol. The van der Waals surface area contributed by atoms with Crippen LogP contribution in [0.4, 0.5) is 0 Å². The van der Waals surface area contributed by atoms with E-state index in [0.29, 0.717) is 11.3 Å². The molecule has 1 heterocycles. The third-order valence-electron chi connectivity index (χ3n) is 3.36. The Morgan fingerprint density at radius 2 is 2.23 bits per heavy atom. The molecule has 0 saturated carbocycles. The number of nitrogens with zero attached hydrogens (tertiary/aromatic N) is 2. The first kappa shape index (κ1) is 15.8. The van der Waals surface area contributed by atoms with Gasteiger partial charge in [0.15, 0.2) is 12.1 Å². The maximum Gasteiger partial charge on any atom is 0.328 e. The first-order valence-electron chi connectivity index (χ1n) is 6.81. The number of aliphatic carboxylic acids is 1. The minimum absolute atomic E-state index is 0.0391. The predicted octanol–water partition coefficient (Wildman–Crippen LogP) is 0.638. The summed E-state index contributed by atoms with van der Waals surface area (Å²) >= 11 is 0. The van der Waals surface area contributed by atoms with Gasteiger partial charge in [-0.15, -0.1) is 0 Å². The number of carbonyl (C=O) groups is 2. The van der Waals surface area contributed by atoms with Crippen LogP contribution >= 0.6 is 0 Å². The number of carboxylic acid groups (broad SMARTS) is 1. The van der Waals surface area contributed by atoms with Gasteiger partial charge in [-0.2, -0.15) is 5.26 Å². The monoisotopic (exact) mass is 304 g/mol. The third-order valence-corrected chi connectivity index (χ3v) is 3.36. The molecule has 1 N–H and O–H groups in total. The smallest absolute Gasteiger partial charge is 0.328 e. The molecule has 1 amide bonds. The van der Waals surface area contributed by atoms with E-state index < -0.39 is 24.0 Å². The normalized spacial score (nSPS) is 19.1. The largest absolute Gasteiger partial charge is 0.480 e. The van der Waals surface area contributed by atoms with E-state index in [1.807, 2.05) is 6.07 Å². The molecule has 0 bridgehead atoms. The number of benzene rings is 1. The molecule has 7 heteroatoms. The van der Waals surface area contributed by atoms with E-state index in [4.69, 9.17) is 19.8 Å². The summed E-state index contributed by atoms with van der Waals surface area (Å²) < 4.78 is 10.6. The molecule has 1 saturated heterocycles. The van der Waals surface area contributed by atoms with Crippen LogP contribution in [0.25, 0.3) is 0 Å². The van der Waals surface area contributed by atoms with Crippen molar-refractivity contribution in [2.45, 2.75) is 19.1 Å². The van der Waals surface area contributed by atoms with E-state index >= 15 is 0 Å². The lowest BCUT2D eigenvalue weighted by Crippen LogP contribution is -2.55. The molecular formula is C15H16N2O5. The standard InChI is InChI=1S/C15H16N2O5/c1-10(22-13-5-3-2-4-11(13)8-16)14(18)17-6-7-21-9-12(17)15(19)20/h2-5,10,12H,6-7,9H2,1H3,(H,19,20)/t10-,12+/m0/s1. The number of amides is 1. The third kappa shape index (κ3) is 3.35. The molecule has 2 rings (SSSR count). The zero-order chi connectivity index (χ0) is 16.1. The lowest BCUT2D eigenvalue weighted by Gasteiger charge is -2.34. The summed E-state index contributed by atoms with van der Waals surface area (Å²) in [6, 6.07) is 7.54. The number of carboxylic acids is 1. The number of rotatable bonds is 4. The van der Waals surface area contributed by atoms with E-state index in [1.165, 1.54) is 11.8 Å². The Labute approximate surface area is 127 Å². The molecule has 1 fully saturated rings. The molecule has 0 spiro atoms. The Bertz CT molecular complexity index is 610. The number of hydrogen-bond donors (Lipinski definition) is 1. The van der Waals surface area contributed by atoms with Crippen molar-refractivity contribution < 1.29 is 24.2 Å². The minimum Gasteiger partial charge on any atom is -0.480 e. The van der Waals surface area contributed by atoms with Gasteiger partial charge in [0.25, 0.3) is 5.91 Å². The van der Waals surface area contributed by atoms with Crippen molar-refractivity contribution in [1.29, 1.82) is 5.26 Å². The Kier molecular flexibility index (Phi) is 4.96. The molecule has 1 aliphatic rings. The van der Waals surface area contributed by atoms with Crippen molar-refractivity contribution >= 4 is 11.9 Å². The van der Waals surface area contributed by atoms with Crippen LogP contribution in [-0.4, -0.2) is 53.8 Å². The summed E-state index contributed by atoms with van der Waals surface area (Å²) in [7, 11) is 0. The van der Waals surface area contributed by atoms with Crippen LogP contribution in [0.2, 0.25) is 0 Å². The van der Waals surface area contributed by atoms with Crippen LogP contribution < -0.4 is 4.74 Å². The lowest BCUT2D eigenvalue weighted by molar-refractivity contribution is -0.161. The quantitative estimate of drug-likeness (QED) is 0.876. The van der Waals surface area contributed by atoms with Crippen molar-refractivity contribution in [3.05, 3.63) is 29.8 Å². The molecule has 0 aromatic heterocycles. The second-order valence-electron chi connectivity index (χ2n) is 4.83. The fourth-order valence-corrected chi connectivity index (χ4v) is 2.21. The molecular weight excluding hydrogens is 288 g/mol. The maximum atomic E-state index is 12.4. The number of para-hydroxylation sites is 1. The van der Waals surface area contributed by atoms with Gasteiger partial charge in [-0.05, 0) is 19.1 Å². The fourth-order valence-electron chi connectivity index (χ4n) is 2.21. The second-order valence-corrected chi connectivity index (χ2v) is 4.83. The molecule has 1 aromatic carbocycles. The van der Waals surface area contributed by atoms with Crippen LogP contribution in [0.15, 0.2) is 24.3 Å². The van der Waals surface area contributed by atoms with Gasteiger partial charge in [-0.1, -0.05) is 12.1 Å². The summed E-state index contributed by atoms with van der Waals surface area (Å²) in [5, 5.41) is 18.2. The number of morpholine rings is 1. The number of hydrogen-bond acceptors (Lipinski definition) is 5. The summed E-state index contributed by atoms with van der Waals surface area (Å²) in [5.41, 5.74) is 0.318. The van der Waals surface area contributed by atoms with Gasteiger partial charge >= 0.3 is 5.97 Å². The second kappa shape index (κ2) is 6.91. The van der Waals surface area contributed by atoms with Gasteiger partial charge in [0.1, 0.15) is 11.8 Å². The highest BCUT2D eigenvalue weighted by Crippen LogP contribution is 2.19. The lowest BCUT2D eigenvalue weighted by atomic mass is 10.2. The van der Waals surface area contributed by atoms with Gasteiger partial charge in [0.2, 0.25) is 0 Å². The molecule has 22 heavy (non-hydrogen) atoms. The maximum absolute atomic E-state index is 12.4. The summed E-state index contributed by atoms with van der Waals surface area (Å²) in [5.74, 6) is -1.26. The highest BCUT2D eigenvalue weighted by Gasteiger charge is 2.35. The van der Waals surface area contributed by atoms with Crippen LogP contribution in [0, 0.1) is 11.3 Å². The Morgan fingerprint density at radius 3 is 2.91 bits per heavy atom. The molecule has 1 aliphatic heterocycles. The molecule has 0 unspecified atom stereocenters. The van der Waals surface area contributed by atoms with Crippen LogP contribution in [0.3, 0.4) is 0 Å². The molecule has 116 valence electrons. The molecule has 2 atom stereocenters. The van der Waals surface area contributed by atoms with Crippen molar-refractivity contribution in [3.8, 4) is 11.8 Å². The molecule has 1 aromatic rings. The van der Waals surface area contributed by atoms with E-state index in [-0.39, 0.29) is 19.8 Å². The summed E-state index contributed by atoms with van der Waals surface area (Å²) in [6.45, 7) is 1.98. The zero-order valence-electron chi connectivity index (χ0n) is 12.1. The first-order valence-corrected chi connectivity index (χ1v) is 6.81. The average molecular weight is 304 g/mol. The first-order chi connectivity index (χ1) is 10.5. The minimum atomic E-state index is -1.11. The van der Waals surface area contributed by atoms with Crippen molar-refractivity contribution in [2.24, 2.45) is 0 Å². The zero-order valence-corrected chi connectivity index (χ0v) is 12.1. The van der Waals surface area contributed by atoms with E-state index in [9.17, 15) is 9.59 Å². The summed E-state index contributed by atoms with van der Waals surface area (Å²) in [4.78, 5) is 24.9. The fraction of sp³-hybridized carbons (Fsp3) is 0.400. The van der Waals surface area contributed by atoms with Gasteiger partial charge < -0.3 is 19.5 Å². The molecule has 7 nitrogen and oxygen atoms in total.